The highest BCUT2D eigenvalue weighted by atomic mass is 19.3. The maximum atomic E-state index is 15.2. The Morgan fingerprint density at radius 2 is 1.60 bits per heavy atom. The topological polar surface area (TPSA) is 27.7 Å². The van der Waals surface area contributed by atoms with Crippen LogP contribution in [0.15, 0.2) is 36.4 Å². The molecule has 0 aromatic heterocycles. The van der Waals surface area contributed by atoms with Crippen molar-refractivity contribution in [3.05, 3.63) is 47.8 Å². The molecule has 4 rings (SSSR count). The van der Waals surface area contributed by atoms with Crippen LogP contribution in [0.25, 0.3) is 11.1 Å². The Kier molecular flexibility index (Phi) is 10.7. The molecule has 1 saturated carbocycles. The van der Waals surface area contributed by atoms with Gasteiger partial charge in [-0.25, -0.2) is 13.2 Å². The van der Waals surface area contributed by atoms with E-state index in [0.29, 0.717) is 30.3 Å². The van der Waals surface area contributed by atoms with Gasteiger partial charge in [0.25, 0.3) is 6.43 Å². The minimum atomic E-state index is -3.86. The van der Waals surface area contributed by atoms with Gasteiger partial charge in [0.1, 0.15) is 5.75 Å². The molecule has 1 aliphatic heterocycles. The molecule has 222 valence electrons. The van der Waals surface area contributed by atoms with Crippen molar-refractivity contribution < 1.29 is 36.2 Å². The third-order valence-electron chi connectivity index (χ3n) is 8.48. The van der Waals surface area contributed by atoms with E-state index in [2.05, 4.69) is 6.92 Å². The maximum Gasteiger partial charge on any atom is 0.424 e. The Labute approximate surface area is 234 Å². The lowest BCUT2D eigenvalue weighted by atomic mass is 9.73. The molecule has 3 nitrogen and oxygen atoms in total. The second kappa shape index (κ2) is 14.0. The lowest BCUT2D eigenvalue weighted by Crippen LogP contribution is -2.45. The van der Waals surface area contributed by atoms with Crippen LogP contribution in [0.3, 0.4) is 0 Å². The minimum absolute atomic E-state index is 0.0701. The van der Waals surface area contributed by atoms with E-state index in [-0.39, 0.29) is 24.5 Å². The van der Waals surface area contributed by atoms with Gasteiger partial charge in [-0.15, -0.1) is 0 Å². The molecule has 0 bridgehead atoms. The molecule has 0 amide bonds. The first kappa shape index (κ1) is 30.6. The molecule has 0 radical (unpaired) electrons. The summed E-state index contributed by atoms with van der Waals surface area (Å²) >= 11 is 0. The third kappa shape index (κ3) is 7.48. The number of ether oxygens (including phenoxy) is 3. The molecular weight excluding hydrogens is 527 g/mol. The molecule has 2 fully saturated rings. The van der Waals surface area contributed by atoms with Crippen molar-refractivity contribution in [1.82, 2.24) is 0 Å². The fraction of sp³-hybridized carbons (Fsp3) is 0.625. The van der Waals surface area contributed by atoms with Crippen LogP contribution in [0, 0.1) is 23.6 Å². The van der Waals surface area contributed by atoms with Crippen molar-refractivity contribution in [3.8, 4) is 22.6 Å². The van der Waals surface area contributed by atoms with Crippen LogP contribution in [0.1, 0.15) is 90.0 Å². The van der Waals surface area contributed by atoms with E-state index < -0.39 is 35.8 Å². The smallest absolute Gasteiger partial charge is 0.424 e. The summed E-state index contributed by atoms with van der Waals surface area (Å²) in [5, 5.41) is 0. The third-order valence-corrected chi connectivity index (χ3v) is 8.48. The number of alkyl halides is 4. The van der Waals surface area contributed by atoms with Crippen molar-refractivity contribution >= 4 is 0 Å². The fourth-order valence-electron chi connectivity index (χ4n) is 6.16. The molecule has 2 atom stereocenters. The van der Waals surface area contributed by atoms with E-state index in [1.807, 2.05) is 6.92 Å². The van der Waals surface area contributed by atoms with Gasteiger partial charge in [-0.05, 0) is 85.3 Å². The van der Waals surface area contributed by atoms with Crippen molar-refractivity contribution in [2.24, 2.45) is 17.8 Å². The predicted molar refractivity (Wildman–Crippen MR) is 146 cm³/mol. The normalized spacial score (nSPS) is 23.8. The van der Waals surface area contributed by atoms with E-state index in [4.69, 9.17) is 14.2 Å². The van der Waals surface area contributed by atoms with Gasteiger partial charge in [0.05, 0.1) is 18.8 Å². The largest absolute Gasteiger partial charge is 0.494 e. The Bertz CT molecular complexity index is 1060. The molecule has 0 spiro atoms. The summed E-state index contributed by atoms with van der Waals surface area (Å²) in [4.78, 5) is 0. The zero-order chi connectivity index (χ0) is 28.7. The summed E-state index contributed by atoms with van der Waals surface area (Å²) in [5.74, 6) is -0.385. The lowest BCUT2D eigenvalue weighted by molar-refractivity contribution is -0.267. The Morgan fingerprint density at radius 1 is 0.900 bits per heavy atom. The minimum Gasteiger partial charge on any atom is -0.494 e. The maximum absolute atomic E-state index is 15.2. The molecule has 1 aliphatic carbocycles. The molecule has 0 N–H and O–H groups in total. The molecule has 2 unspecified atom stereocenters. The van der Waals surface area contributed by atoms with E-state index in [1.54, 1.807) is 24.3 Å². The molecule has 2 aromatic rings. The van der Waals surface area contributed by atoms with Crippen LogP contribution in [0.5, 0.6) is 11.5 Å². The fourth-order valence-corrected chi connectivity index (χ4v) is 6.16. The summed E-state index contributed by atoms with van der Waals surface area (Å²) in [6.45, 7) is 4.96. The van der Waals surface area contributed by atoms with Crippen LogP contribution in [-0.4, -0.2) is 25.4 Å². The second-order valence-corrected chi connectivity index (χ2v) is 11.3. The van der Waals surface area contributed by atoms with Gasteiger partial charge in [-0.3, -0.25) is 0 Å². The van der Waals surface area contributed by atoms with Crippen LogP contribution >= 0.6 is 0 Å². The summed E-state index contributed by atoms with van der Waals surface area (Å²) in [6, 6.07) is 8.48. The average Bonchev–Trinajstić information content (AvgIpc) is 2.95. The van der Waals surface area contributed by atoms with Crippen molar-refractivity contribution in [3.63, 3.8) is 0 Å². The standard InChI is InChI=1S/C32H41F5O3/c1-3-5-19-38-25-14-11-23(12-15-25)26-16-17-27(30(33)29(26)31(34)35)40-32(36,37)28-18-13-24(20-39-28)22-9-7-21(6-4-2)8-10-22/h11-12,14-17,21-22,24,28,31H,3-10,13,18-20H2,1-2H3. The number of hydrogen-bond donors (Lipinski definition) is 0. The number of rotatable bonds is 12. The molecule has 8 heteroatoms. The van der Waals surface area contributed by atoms with Gasteiger partial charge in [-0.2, -0.15) is 8.78 Å². The first-order valence-corrected chi connectivity index (χ1v) is 14.8. The predicted octanol–water partition coefficient (Wildman–Crippen LogP) is 9.98. The quantitative estimate of drug-likeness (QED) is 0.188. The molecule has 2 aromatic carbocycles. The van der Waals surface area contributed by atoms with Gasteiger partial charge < -0.3 is 14.2 Å². The number of benzene rings is 2. The van der Waals surface area contributed by atoms with Gasteiger partial charge in [0, 0.05) is 0 Å². The Balaban J connectivity index is 1.40. The zero-order valence-corrected chi connectivity index (χ0v) is 23.5. The summed E-state index contributed by atoms with van der Waals surface area (Å²) in [6.07, 6.45) is 0.813. The van der Waals surface area contributed by atoms with Crippen LogP contribution in [-0.2, 0) is 4.74 Å². The number of hydrogen-bond acceptors (Lipinski definition) is 3. The SMILES string of the molecule is CCCCOc1ccc(-c2ccc(OC(F)(F)C3CCC(C4CCC(CCC)CC4)CO3)c(F)c2C(F)F)cc1. The number of unbranched alkanes of at least 4 members (excludes halogenated alkanes) is 1. The molecule has 40 heavy (non-hydrogen) atoms. The van der Waals surface area contributed by atoms with Crippen molar-refractivity contribution in [1.29, 1.82) is 0 Å². The lowest BCUT2D eigenvalue weighted by Gasteiger charge is -2.39. The summed E-state index contributed by atoms with van der Waals surface area (Å²) in [5.41, 5.74) is -0.745. The monoisotopic (exact) mass is 568 g/mol. The van der Waals surface area contributed by atoms with E-state index in [0.717, 1.165) is 37.7 Å². The second-order valence-electron chi connectivity index (χ2n) is 11.3. The Morgan fingerprint density at radius 3 is 2.20 bits per heavy atom. The van der Waals surface area contributed by atoms with E-state index >= 15 is 13.2 Å². The van der Waals surface area contributed by atoms with E-state index in [1.165, 1.54) is 31.7 Å². The highest BCUT2D eigenvalue weighted by Gasteiger charge is 2.47. The van der Waals surface area contributed by atoms with E-state index in [9.17, 15) is 8.78 Å². The zero-order valence-electron chi connectivity index (χ0n) is 23.5. The van der Waals surface area contributed by atoms with Gasteiger partial charge in [0.2, 0.25) is 0 Å². The van der Waals surface area contributed by atoms with Crippen molar-refractivity contribution in [2.75, 3.05) is 13.2 Å². The van der Waals surface area contributed by atoms with Crippen LogP contribution < -0.4 is 9.47 Å². The van der Waals surface area contributed by atoms with Gasteiger partial charge >= 0.3 is 6.11 Å². The Hall–Kier alpha value is -2.35. The van der Waals surface area contributed by atoms with Crippen molar-refractivity contribution in [2.45, 2.75) is 96.7 Å². The molecular formula is C32H41F5O3. The van der Waals surface area contributed by atoms with Crippen LogP contribution in [0.2, 0.25) is 0 Å². The highest BCUT2D eigenvalue weighted by molar-refractivity contribution is 5.69. The molecule has 1 heterocycles. The molecule has 2 aliphatic rings. The molecule has 1 saturated heterocycles. The highest BCUT2D eigenvalue weighted by Crippen LogP contribution is 2.43. The first-order valence-electron chi connectivity index (χ1n) is 14.8. The summed E-state index contributed by atoms with van der Waals surface area (Å²) < 4.78 is 89.3. The number of halogens is 5. The van der Waals surface area contributed by atoms with Crippen LogP contribution in [0.4, 0.5) is 22.0 Å². The van der Waals surface area contributed by atoms with Gasteiger partial charge in [0.15, 0.2) is 17.7 Å². The van der Waals surface area contributed by atoms with Gasteiger partial charge in [-0.1, -0.05) is 58.1 Å². The first-order chi connectivity index (χ1) is 19.2. The summed E-state index contributed by atoms with van der Waals surface area (Å²) in [7, 11) is 0. The average molecular weight is 569 g/mol.